The van der Waals surface area contributed by atoms with E-state index >= 15 is 0 Å². The molecule has 0 spiro atoms. The number of nitrogens with one attached hydrogen (secondary N) is 1. The van der Waals surface area contributed by atoms with Crippen LogP contribution in [0.1, 0.15) is 66.1 Å². The summed E-state index contributed by atoms with van der Waals surface area (Å²) in [4.78, 5) is 25.5. The predicted octanol–water partition coefficient (Wildman–Crippen LogP) is 3.86. The van der Waals surface area contributed by atoms with Gasteiger partial charge in [-0.05, 0) is 46.6 Å². The number of carbonyl (C=O) groups is 2. The smallest absolute Gasteiger partial charge is 0.341 e. The number of benzene rings is 1. The number of carbonyl (C=O) groups excluding carboxylic acids is 2. The van der Waals surface area contributed by atoms with Crippen molar-refractivity contribution in [2.75, 3.05) is 0 Å². The minimum absolute atomic E-state index is 0.207. The maximum absolute atomic E-state index is 12.8. The Morgan fingerprint density at radius 1 is 1.15 bits per heavy atom. The summed E-state index contributed by atoms with van der Waals surface area (Å²) >= 11 is 0. The Balaban J connectivity index is 1.85. The van der Waals surface area contributed by atoms with Gasteiger partial charge in [0.25, 0.3) is 5.91 Å². The number of aromatic nitrogens is 1. The molecule has 1 heterocycles. The van der Waals surface area contributed by atoms with Gasteiger partial charge in [0.2, 0.25) is 6.10 Å². The number of amides is 1. The first kappa shape index (κ1) is 18.2. The van der Waals surface area contributed by atoms with Crippen LogP contribution < -0.4 is 5.32 Å². The number of esters is 1. The fourth-order valence-corrected chi connectivity index (χ4v) is 3.35. The monoisotopic (exact) mass is 354 g/mol. The van der Waals surface area contributed by atoms with E-state index in [1.165, 1.54) is 0 Å². The quantitative estimate of drug-likeness (QED) is 0.801. The van der Waals surface area contributed by atoms with Crippen molar-refractivity contribution >= 4 is 11.9 Å². The van der Waals surface area contributed by atoms with Gasteiger partial charge in [0.15, 0.2) is 0 Å². The highest BCUT2D eigenvalue weighted by Crippen LogP contribution is 2.26. The molecule has 1 aromatic carbocycles. The van der Waals surface area contributed by atoms with E-state index in [1.807, 2.05) is 50.2 Å². The van der Waals surface area contributed by atoms with E-state index in [4.69, 9.17) is 4.74 Å². The zero-order valence-corrected chi connectivity index (χ0v) is 15.8. The van der Waals surface area contributed by atoms with Gasteiger partial charge in [-0.25, -0.2) is 4.79 Å². The SMILES string of the molecule is Cc1cc(C(=O)OC(C(=O)NC2CC2)c2ccccc2)c(C)n1C(C)C. The molecule has 5 heteroatoms. The van der Waals surface area contributed by atoms with Gasteiger partial charge in [0, 0.05) is 29.0 Å². The second-order valence-corrected chi connectivity index (χ2v) is 7.23. The summed E-state index contributed by atoms with van der Waals surface area (Å²) in [5.74, 6) is -0.727. The molecule has 0 saturated heterocycles. The summed E-state index contributed by atoms with van der Waals surface area (Å²) in [6, 6.07) is 11.5. The third kappa shape index (κ3) is 3.82. The molecule has 0 radical (unpaired) electrons. The van der Waals surface area contributed by atoms with Crippen molar-refractivity contribution in [1.29, 1.82) is 0 Å². The molecule has 1 aromatic heterocycles. The lowest BCUT2D eigenvalue weighted by Gasteiger charge is -2.18. The molecule has 0 aliphatic heterocycles. The van der Waals surface area contributed by atoms with Crippen LogP contribution >= 0.6 is 0 Å². The molecule has 3 rings (SSSR count). The van der Waals surface area contributed by atoms with Crippen LogP contribution in [-0.4, -0.2) is 22.5 Å². The van der Waals surface area contributed by atoms with Gasteiger partial charge in [-0.3, -0.25) is 4.79 Å². The number of nitrogens with zero attached hydrogens (tertiary/aromatic N) is 1. The van der Waals surface area contributed by atoms with E-state index in [9.17, 15) is 9.59 Å². The standard InChI is InChI=1S/C21H26N2O3/c1-13(2)23-14(3)12-18(15(23)4)21(25)26-19(16-8-6-5-7-9-16)20(24)22-17-10-11-17/h5-9,12-13,17,19H,10-11H2,1-4H3,(H,22,24). The van der Waals surface area contributed by atoms with Crippen molar-refractivity contribution in [3.8, 4) is 0 Å². The van der Waals surface area contributed by atoms with E-state index in [0.717, 1.165) is 24.2 Å². The number of ether oxygens (including phenoxy) is 1. The summed E-state index contributed by atoms with van der Waals surface area (Å²) < 4.78 is 7.77. The maximum Gasteiger partial charge on any atom is 0.341 e. The second kappa shape index (κ2) is 7.36. The average molecular weight is 354 g/mol. The molecule has 1 saturated carbocycles. The Hall–Kier alpha value is -2.56. The third-order valence-electron chi connectivity index (χ3n) is 4.71. The van der Waals surface area contributed by atoms with Gasteiger partial charge >= 0.3 is 5.97 Å². The van der Waals surface area contributed by atoms with Crippen molar-refractivity contribution in [2.24, 2.45) is 0 Å². The van der Waals surface area contributed by atoms with Crippen LogP contribution in [0.2, 0.25) is 0 Å². The molecule has 1 aliphatic carbocycles. The molecular weight excluding hydrogens is 328 g/mol. The van der Waals surface area contributed by atoms with Gasteiger partial charge in [-0.2, -0.15) is 0 Å². The van der Waals surface area contributed by atoms with Crippen LogP contribution in [0.4, 0.5) is 0 Å². The highest BCUT2D eigenvalue weighted by atomic mass is 16.5. The molecule has 1 amide bonds. The Morgan fingerprint density at radius 3 is 2.35 bits per heavy atom. The highest BCUT2D eigenvalue weighted by Gasteiger charge is 2.31. The minimum Gasteiger partial charge on any atom is -0.444 e. The number of rotatable bonds is 6. The van der Waals surface area contributed by atoms with Crippen molar-refractivity contribution in [3.05, 3.63) is 58.9 Å². The molecule has 1 atom stereocenters. The first-order chi connectivity index (χ1) is 12.4. The normalized spacial score (nSPS) is 15.0. The van der Waals surface area contributed by atoms with Crippen LogP contribution in [0.3, 0.4) is 0 Å². The molecule has 1 unspecified atom stereocenters. The summed E-state index contributed by atoms with van der Waals surface area (Å²) in [6.45, 7) is 8.03. The van der Waals surface area contributed by atoms with E-state index < -0.39 is 12.1 Å². The largest absolute Gasteiger partial charge is 0.444 e. The number of aryl methyl sites for hydroxylation is 1. The molecule has 1 aliphatic rings. The Kier molecular flexibility index (Phi) is 5.16. The Morgan fingerprint density at radius 2 is 1.81 bits per heavy atom. The lowest BCUT2D eigenvalue weighted by Crippen LogP contribution is -2.33. The summed E-state index contributed by atoms with van der Waals surface area (Å²) in [6.07, 6.45) is 1.03. The number of hydrogen-bond acceptors (Lipinski definition) is 3. The number of hydrogen-bond donors (Lipinski definition) is 1. The van der Waals surface area contributed by atoms with E-state index in [2.05, 4.69) is 23.7 Å². The lowest BCUT2D eigenvalue weighted by atomic mass is 10.1. The molecule has 138 valence electrons. The van der Waals surface area contributed by atoms with Crippen LogP contribution in [-0.2, 0) is 9.53 Å². The summed E-state index contributed by atoms with van der Waals surface area (Å²) in [7, 11) is 0. The maximum atomic E-state index is 12.8. The van der Waals surface area contributed by atoms with Gasteiger partial charge in [-0.15, -0.1) is 0 Å². The van der Waals surface area contributed by atoms with E-state index in [0.29, 0.717) is 11.1 Å². The topological polar surface area (TPSA) is 60.3 Å². The zero-order chi connectivity index (χ0) is 18.8. The van der Waals surface area contributed by atoms with Gasteiger partial charge in [0.1, 0.15) is 0 Å². The Bertz CT molecular complexity index is 804. The lowest BCUT2D eigenvalue weighted by molar-refractivity contribution is -0.130. The minimum atomic E-state index is -0.939. The summed E-state index contributed by atoms with van der Waals surface area (Å²) in [5.41, 5.74) is 3.05. The van der Waals surface area contributed by atoms with Crippen LogP contribution in [0.5, 0.6) is 0 Å². The average Bonchev–Trinajstić information content (AvgIpc) is 3.36. The van der Waals surface area contributed by atoms with Crippen LogP contribution in [0.25, 0.3) is 0 Å². The predicted molar refractivity (Wildman–Crippen MR) is 100 cm³/mol. The van der Waals surface area contributed by atoms with Gasteiger partial charge < -0.3 is 14.6 Å². The van der Waals surface area contributed by atoms with Crippen molar-refractivity contribution in [1.82, 2.24) is 9.88 Å². The summed E-state index contributed by atoms with van der Waals surface area (Å²) in [5, 5.41) is 2.94. The molecule has 1 N–H and O–H groups in total. The van der Waals surface area contributed by atoms with Gasteiger partial charge in [-0.1, -0.05) is 30.3 Å². The highest BCUT2D eigenvalue weighted by molar-refractivity contribution is 5.94. The zero-order valence-electron chi connectivity index (χ0n) is 15.8. The molecule has 1 fully saturated rings. The molecule has 26 heavy (non-hydrogen) atoms. The first-order valence-corrected chi connectivity index (χ1v) is 9.13. The van der Waals surface area contributed by atoms with Crippen LogP contribution in [0.15, 0.2) is 36.4 Å². The molecular formula is C21H26N2O3. The third-order valence-corrected chi connectivity index (χ3v) is 4.71. The van der Waals surface area contributed by atoms with E-state index in [1.54, 1.807) is 0 Å². The molecule has 0 bridgehead atoms. The Labute approximate surface area is 154 Å². The second-order valence-electron chi connectivity index (χ2n) is 7.23. The van der Waals surface area contributed by atoms with Crippen LogP contribution in [0, 0.1) is 13.8 Å². The van der Waals surface area contributed by atoms with Crippen molar-refractivity contribution < 1.29 is 14.3 Å². The molecule has 5 nitrogen and oxygen atoms in total. The van der Waals surface area contributed by atoms with E-state index in [-0.39, 0.29) is 18.0 Å². The molecule has 2 aromatic rings. The van der Waals surface area contributed by atoms with Crippen molar-refractivity contribution in [2.45, 2.75) is 58.7 Å². The fraction of sp³-hybridized carbons (Fsp3) is 0.429. The fourth-order valence-electron chi connectivity index (χ4n) is 3.35. The van der Waals surface area contributed by atoms with Crippen molar-refractivity contribution in [3.63, 3.8) is 0 Å². The van der Waals surface area contributed by atoms with Gasteiger partial charge in [0.05, 0.1) is 5.56 Å². The first-order valence-electron chi connectivity index (χ1n) is 9.13.